The second-order valence-electron chi connectivity index (χ2n) is 6.74. The highest BCUT2D eigenvalue weighted by molar-refractivity contribution is 4.87. The predicted octanol–water partition coefficient (Wildman–Crippen LogP) is 2.11. The van der Waals surface area contributed by atoms with Crippen molar-refractivity contribution in [3.8, 4) is 0 Å². The monoisotopic (exact) mass is 254 g/mol. The van der Waals surface area contributed by atoms with E-state index >= 15 is 0 Å². The molecular weight excluding hydrogens is 224 g/mol. The van der Waals surface area contributed by atoms with Gasteiger partial charge in [0, 0.05) is 25.7 Å². The van der Waals surface area contributed by atoms with Crippen LogP contribution in [0.1, 0.15) is 39.5 Å². The fourth-order valence-corrected chi connectivity index (χ4v) is 3.85. The average molecular weight is 254 g/mol. The van der Waals surface area contributed by atoms with E-state index in [4.69, 9.17) is 10.5 Å². The predicted molar refractivity (Wildman–Crippen MR) is 75.5 cm³/mol. The van der Waals surface area contributed by atoms with Gasteiger partial charge in [0.05, 0.1) is 6.10 Å². The van der Waals surface area contributed by atoms with E-state index in [1.54, 1.807) is 0 Å². The molecule has 18 heavy (non-hydrogen) atoms. The Morgan fingerprint density at radius 1 is 1.22 bits per heavy atom. The van der Waals surface area contributed by atoms with E-state index in [0.29, 0.717) is 18.1 Å². The van der Waals surface area contributed by atoms with Gasteiger partial charge in [0.15, 0.2) is 0 Å². The van der Waals surface area contributed by atoms with Crippen molar-refractivity contribution in [2.24, 2.45) is 23.5 Å². The van der Waals surface area contributed by atoms with E-state index in [0.717, 1.165) is 31.5 Å². The third-order valence-corrected chi connectivity index (χ3v) is 4.79. The van der Waals surface area contributed by atoms with Crippen molar-refractivity contribution in [3.05, 3.63) is 0 Å². The van der Waals surface area contributed by atoms with Crippen molar-refractivity contribution in [1.29, 1.82) is 0 Å². The zero-order valence-corrected chi connectivity index (χ0v) is 12.3. The molecule has 0 aromatic carbocycles. The molecule has 2 fully saturated rings. The third kappa shape index (κ3) is 3.69. The van der Waals surface area contributed by atoms with Gasteiger partial charge in [-0.1, -0.05) is 13.8 Å². The topological polar surface area (TPSA) is 38.5 Å². The Hall–Kier alpha value is -0.120. The number of nitrogens with two attached hydrogens (primary N) is 1. The van der Waals surface area contributed by atoms with E-state index in [1.807, 2.05) is 0 Å². The Bertz CT molecular complexity index is 241. The number of ether oxygens (including phenoxy) is 1. The number of hydrogen-bond donors (Lipinski definition) is 1. The molecule has 2 N–H and O–H groups in total. The summed E-state index contributed by atoms with van der Waals surface area (Å²) in [5.74, 6) is 2.22. The van der Waals surface area contributed by atoms with Gasteiger partial charge in [0.1, 0.15) is 0 Å². The zero-order valence-electron chi connectivity index (χ0n) is 12.3. The van der Waals surface area contributed by atoms with E-state index in [2.05, 4.69) is 25.8 Å². The molecular formula is C15H30N2O. The van der Waals surface area contributed by atoms with Crippen LogP contribution in [0.25, 0.3) is 0 Å². The second kappa shape index (κ2) is 6.36. The van der Waals surface area contributed by atoms with Crippen LogP contribution in [0.2, 0.25) is 0 Å². The molecule has 5 unspecified atom stereocenters. The van der Waals surface area contributed by atoms with Gasteiger partial charge in [-0.15, -0.1) is 0 Å². The smallest absolute Gasteiger partial charge is 0.0702 e. The molecule has 3 heteroatoms. The summed E-state index contributed by atoms with van der Waals surface area (Å²) < 4.78 is 5.71. The molecule has 0 bridgehead atoms. The Morgan fingerprint density at radius 2 is 2.00 bits per heavy atom. The molecule has 1 saturated heterocycles. The Labute approximate surface area is 112 Å². The van der Waals surface area contributed by atoms with E-state index in [9.17, 15) is 0 Å². The van der Waals surface area contributed by atoms with Crippen LogP contribution < -0.4 is 5.73 Å². The standard InChI is InChI=1S/C15H30N2O/c1-11-7-12(2)14(15(16)8-11)10-17(3)9-13-5-4-6-18-13/h11-15H,4-10,16H2,1-3H3. The number of hydrogen-bond acceptors (Lipinski definition) is 3. The number of rotatable bonds is 4. The molecule has 5 atom stereocenters. The quantitative estimate of drug-likeness (QED) is 0.835. The summed E-state index contributed by atoms with van der Waals surface area (Å²) in [7, 11) is 2.22. The van der Waals surface area contributed by atoms with Crippen LogP contribution in [-0.2, 0) is 4.74 Å². The molecule has 1 heterocycles. The third-order valence-electron chi connectivity index (χ3n) is 4.79. The second-order valence-corrected chi connectivity index (χ2v) is 6.74. The summed E-state index contributed by atoms with van der Waals surface area (Å²) in [6.07, 6.45) is 5.46. The fourth-order valence-electron chi connectivity index (χ4n) is 3.85. The summed E-state index contributed by atoms with van der Waals surface area (Å²) in [5, 5.41) is 0. The van der Waals surface area contributed by atoms with Gasteiger partial charge in [-0.05, 0) is 50.5 Å². The number of nitrogens with zero attached hydrogens (tertiary/aromatic N) is 1. The molecule has 0 amide bonds. The molecule has 2 aliphatic rings. The Kier molecular flexibility index (Phi) is 5.05. The molecule has 106 valence electrons. The van der Waals surface area contributed by atoms with Gasteiger partial charge < -0.3 is 15.4 Å². The van der Waals surface area contributed by atoms with Gasteiger partial charge in [-0.2, -0.15) is 0 Å². The largest absolute Gasteiger partial charge is 0.377 e. The summed E-state index contributed by atoms with van der Waals surface area (Å²) >= 11 is 0. The highest BCUT2D eigenvalue weighted by Crippen LogP contribution is 2.33. The van der Waals surface area contributed by atoms with E-state index in [1.165, 1.54) is 25.7 Å². The molecule has 1 aliphatic heterocycles. The normalized spacial score (nSPS) is 41.5. The minimum atomic E-state index is 0.385. The molecule has 3 nitrogen and oxygen atoms in total. The summed E-state index contributed by atoms with van der Waals surface area (Å²) in [6.45, 7) is 7.87. The van der Waals surface area contributed by atoms with Crippen LogP contribution in [0.15, 0.2) is 0 Å². The van der Waals surface area contributed by atoms with Gasteiger partial charge >= 0.3 is 0 Å². The van der Waals surface area contributed by atoms with Gasteiger partial charge in [0.2, 0.25) is 0 Å². The zero-order chi connectivity index (χ0) is 13.1. The molecule has 0 aromatic heterocycles. The first-order valence-corrected chi connectivity index (χ1v) is 7.62. The maximum absolute atomic E-state index is 6.36. The van der Waals surface area contributed by atoms with E-state index in [-0.39, 0.29) is 0 Å². The lowest BCUT2D eigenvalue weighted by Crippen LogP contribution is -2.46. The first-order valence-electron chi connectivity index (χ1n) is 7.62. The molecule has 0 aromatic rings. The van der Waals surface area contributed by atoms with Gasteiger partial charge in [-0.3, -0.25) is 0 Å². The van der Waals surface area contributed by atoms with Crippen molar-refractivity contribution in [2.45, 2.75) is 51.7 Å². The minimum absolute atomic E-state index is 0.385. The van der Waals surface area contributed by atoms with Crippen molar-refractivity contribution in [1.82, 2.24) is 4.90 Å². The van der Waals surface area contributed by atoms with Crippen LogP contribution in [0.4, 0.5) is 0 Å². The molecule has 2 rings (SSSR count). The van der Waals surface area contributed by atoms with Crippen molar-refractivity contribution in [3.63, 3.8) is 0 Å². The Balaban J connectivity index is 1.79. The van der Waals surface area contributed by atoms with Crippen LogP contribution in [0.3, 0.4) is 0 Å². The molecule has 0 radical (unpaired) electrons. The van der Waals surface area contributed by atoms with Crippen LogP contribution in [-0.4, -0.2) is 43.8 Å². The van der Waals surface area contributed by atoms with Crippen LogP contribution in [0, 0.1) is 17.8 Å². The van der Waals surface area contributed by atoms with E-state index < -0.39 is 0 Å². The first kappa shape index (κ1) is 14.3. The molecule has 0 spiro atoms. The SMILES string of the molecule is CC1CC(C)C(CN(C)CC2CCCO2)C(N)C1. The summed E-state index contributed by atoms with van der Waals surface area (Å²) in [4.78, 5) is 2.44. The Morgan fingerprint density at radius 3 is 2.61 bits per heavy atom. The lowest BCUT2D eigenvalue weighted by Gasteiger charge is -2.40. The molecule has 1 saturated carbocycles. The summed E-state index contributed by atoms with van der Waals surface area (Å²) in [5.41, 5.74) is 6.36. The highest BCUT2D eigenvalue weighted by atomic mass is 16.5. The van der Waals surface area contributed by atoms with Gasteiger partial charge in [0.25, 0.3) is 0 Å². The fraction of sp³-hybridized carbons (Fsp3) is 1.00. The van der Waals surface area contributed by atoms with Crippen molar-refractivity contribution in [2.75, 3.05) is 26.7 Å². The highest BCUT2D eigenvalue weighted by Gasteiger charge is 2.32. The van der Waals surface area contributed by atoms with Crippen LogP contribution >= 0.6 is 0 Å². The number of likely N-dealkylation sites (N-methyl/N-ethyl adjacent to an activating group) is 1. The lowest BCUT2D eigenvalue weighted by atomic mass is 9.72. The van der Waals surface area contributed by atoms with Crippen molar-refractivity contribution >= 4 is 0 Å². The average Bonchev–Trinajstić information content (AvgIpc) is 2.76. The van der Waals surface area contributed by atoms with Gasteiger partial charge in [-0.25, -0.2) is 0 Å². The minimum Gasteiger partial charge on any atom is -0.377 e. The van der Waals surface area contributed by atoms with Crippen molar-refractivity contribution < 1.29 is 4.74 Å². The first-order chi connectivity index (χ1) is 8.56. The maximum atomic E-state index is 6.36. The maximum Gasteiger partial charge on any atom is 0.0702 e. The van der Waals surface area contributed by atoms with Crippen LogP contribution in [0.5, 0.6) is 0 Å². The lowest BCUT2D eigenvalue weighted by molar-refractivity contribution is 0.0625. The summed E-state index contributed by atoms with van der Waals surface area (Å²) in [6, 6.07) is 0.385. The molecule has 1 aliphatic carbocycles.